The fourth-order valence-electron chi connectivity index (χ4n) is 5.22. The van der Waals surface area contributed by atoms with Gasteiger partial charge in [0.25, 0.3) is 0 Å². The molecular weight excluding hydrogens is 576 g/mol. The minimum Gasteiger partial charge on any atom is -0.460 e. The van der Waals surface area contributed by atoms with Crippen molar-refractivity contribution in [2.45, 2.75) is 84.3 Å². The van der Waals surface area contributed by atoms with Crippen molar-refractivity contribution in [1.82, 2.24) is 14.9 Å². The van der Waals surface area contributed by atoms with Crippen molar-refractivity contribution in [3.8, 4) is 0 Å². The first-order valence-corrected chi connectivity index (χ1v) is 15.0. The van der Waals surface area contributed by atoms with E-state index in [1.165, 1.54) is 6.92 Å². The van der Waals surface area contributed by atoms with Crippen LogP contribution in [0.1, 0.15) is 70.7 Å². The lowest BCUT2D eigenvalue weighted by atomic mass is 9.90. The van der Waals surface area contributed by atoms with Crippen LogP contribution in [-0.2, 0) is 41.6 Å². The molecule has 45 heavy (non-hydrogen) atoms. The molecule has 2 unspecified atom stereocenters. The number of alkyl carbamates (subject to hydrolysis) is 1. The lowest BCUT2D eigenvalue weighted by molar-refractivity contribution is -0.147. The molecule has 0 aliphatic heterocycles. The predicted octanol–water partition coefficient (Wildman–Crippen LogP) is 4.99. The lowest BCUT2D eigenvalue weighted by Gasteiger charge is -2.28. The van der Waals surface area contributed by atoms with Crippen LogP contribution in [0, 0.1) is 5.92 Å². The third-order valence-corrected chi connectivity index (χ3v) is 7.38. The number of ether oxygens (including phenoxy) is 3. The maximum absolute atomic E-state index is 13.6. The van der Waals surface area contributed by atoms with Crippen LogP contribution in [-0.4, -0.2) is 57.2 Å². The first kappa shape index (κ1) is 33.4. The van der Waals surface area contributed by atoms with Crippen molar-refractivity contribution in [3.05, 3.63) is 83.8 Å². The van der Waals surface area contributed by atoms with Gasteiger partial charge >= 0.3 is 12.1 Å². The van der Waals surface area contributed by atoms with Gasteiger partial charge < -0.3 is 29.4 Å². The molecule has 0 saturated heterocycles. The molecule has 1 aliphatic rings. The summed E-state index contributed by atoms with van der Waals surface area (Å²) in [7, 11) is 0. The average Bonchev–Trinajstić information content (AvgIpc) is 3.54. The molecule has 0 spiro atoms. The highest BCUT2D eigenvalue weighted by molar-refractivity contribution is 5.98. The molecule has 11 nitrogen and oxygen atoms in total. The number of nitrogens with zero attached hydrogens (tertiary/aromatic N) is 2. The van der Waals surface area contributed by atoms with E-state index >= 15 is 0 Å². The van der Waals surface area contributed by atoms with Crippen molar-refractivity contribution >= 4 is 29.6 Å². The second kappa shape index (κ2) is 14.1. The van der Waals surface area contributed by atoms with Crippen molar-refractivity contribution < 1.29 is 33.4 Å². The Hall–Kier alpha value is -4.51. The van der Waals surface area contributed by atoms with E-state index in [2.05, 4.69) is 15.6 Å². The van der Waals surface area contributed by atoms with E-state index in [0.717, 1.165) is 16.7 Å². The summed E-state index contributed by atoms with van der Waals surface area (Å²) in [5, 5.41) is 5.43. The van der Waals surface area contributed by atoms with Gasteiger partial charge in [-0.15, -0.1) is 0 Å². The van der Waals surface area contributed by atoms with Crippen LogP contribution in [0.4, 0.5) is 10.6 Å². The van der Waals surface area contributed by atoms with E-state index in [1.54, 1.807) is 47.1 Å². The number of hydrogen-bond donors (Lipinski definition) is 2. The summed E-state index contributed by atoms with van der Waals surface area (Å²) in [5.74, 6) is -1.81. The molecule has 0 fully saturated rings. The Morgan fingerprint density at radius 2 is 1.69 bits per heavy atom. The van der Waals surface area contributed by atoms with Gasteiger partial charge in [-0.25, -0.2) is 9.78 Å². The van der Waals surface area contributed by atoms with E-state index in [0.29, 0.717) is 6.42 Å². The molecule has 3 atom stereocenters. The molecular formula is C34H42N4O7. The number of hydrogen-bond acceptors (Lipinski definition) is 8. The van der Waals surface area contributed by atoms with Gasteiger partial charge in [0.1, 0.15) is 11.7 Å². The quantitative estimate of drug-likeness (QED) is 0.271. The van der Waals surface area contributed by atoms with Crippen LogP contribution in [0.5, 0.6) is 0 Å². The zero-order valence-electron chi connectivity index (χ0n) is 26.7. The van der Waals surface area contributed by atoms with Gasteiger partial charge in [-0.1, -0.05) is 54.6 Å². The minimum absolute atomic E-state index is 0.0414. The molecule has 2 N–H and O–H groups in total. The number of fused-ring (bicyclic) bond motifs is 1. The Morgan fingerprint density at radius 1 is 1.00 bits per heavy atom. The van der Waals surface area contributed by atoms with Gasteiger partial charge in [0.2, 0.25) is 5.91 Å². The largest absolute Gasteiger partial charge is 0.460 e. The van der Waals surface area contributed by atoms with Crippen molar-refractivity contribution in [2.75, 3.05) is 11.9 Å². The summed E-state index contributed by atoms with van der Waals surface area (Å²) in [6, 6.07) is 17.0. The van der Waals surface area contributed by atoms with Crippen LogP contribution in [0.2, 0.25) is 0 Å². The second-order valence-electron chi connectivity index (χ2n) is 12.8. The molecule has 11 heteroatoms. The number of carbonyl (C=O) groups excluding carboxylic acids is 4. The van der Waals surface area contributed by atoms with Crippen molar-refractivity contribution in [1.29, 1.82) is 0 Å². The highest BCUT2D eigenvalue weighted by atomic mass is 16.6. The molecule has 1 heterocycles. The van der Waals surface area contributed by atoms with Crippen LogP contribution >= 0.6 is 0 Å². The SMILES string of the molecule is CC(=O)O[C@@H]1Cc2ccccc2C1n1cnc(NC(=O)C(COCc2ccccc2)CC(=O)C(C)(C)NC(=O)OC(C)(C)C)c1. The Balaban J connectivity index is 1.49. The number of ketones is 1. The molecule has 0 saturated carbocycles. The monoisotopic (exact) mass is 618 g/mol. The Bertz CT molecular complexity index is 1510. The number of Topliss-reactive ketones (excluding diaryl/α,β-unsaturated/α-hetero) is 1. The highest BCUT2D eigenvalue weighted by Gasteiger charge is 2.37. The Morgan fingerprint density at radius 3 is 2.38 bits per heavy atom. The number of carbonyl (C=O) groups is 4. The second-order valence-corrected chi connectivity index (χ2v) is 12.8. The minimum atomic E-state index is -1.30. The Labute approximate surface area is 263 Å². The molecule has 240 valence electrons. The summed E-state index contributed by atoms with van der Waals surface area (Å²) < 4.78 is 18.6. The van der Waals surface area contributed by atoms with Crippen molar-refractivity contribution in [3.63, 3.8) is 0 Å². The van der Waals surface area contributed by atoms with E-state index in [4.69, 9.17) is 14.2 Å². The third kappa shape index (κ3) is 9.24. The molecule has 1 aliphatic carbocycles. The van der Waals surface area contributed by atoms with E-state index in [9.17, 15) is 19.2 Å². The molecule has 0 radical (unpaired) electrons. The molecule has 4 rings (SSSR count). The third-order valence-electron chi connectivity index (χ3n) is 7.38. The smallest absolute Gasteiger partial charge is 0.408 e. The first-order valence-electron chi connectivity index (χ1n) is 15.0. The fraction of sp³-hybridized carbons (Fsp3) is 0.441. The molecule has 0 bridgehead atoms. The highest BCUT2D eigenvalue weighted by Crippen LogP contribution is 2.37. The standard InChI is InChI=1S/C34H42N4O7/c1-22(39)44-27-16-24-14-10-11-15-26(24)30(27)38-18-29(35-21-38)36-31(41)25(20-43-19-23-12-8-7-9-13-23)17-28(40)34(5,6)37-32(42)45-33(2,3)4/h7-15,18,21,25,27,30H,16-17,19-20H2,1-6H3,(H,36,41)(H,37,42)/t25?,27-,30?/m1/s1. The number of nitrogens with one attached hydrogen (secondary N) is 2. The number of rotatable bonds is 12. The molecule has 3 aromatic rings. The molecule has 2 aromatic carbocycles. The number of benzene rings is 2. The van der Waals surface area contributed by atoms with Gasteiger partial charge in [0.15, 0.2) is 11.6 Å². The normalized spacial score (nSPS) is 16.8. The maximum Gasteiger partial charge on any atom is 0.408 e. The van der Waals surface area contributed by atoms with Gasteiger partial charge in [-0.05, 0) is 51.3 Å². The number of aromatic nitrogens is 2. The summed E-state index contributed by atoms with van der Waals surface area (Å²) in [4.78, 5) is 55.6. The summed E-state index contributed by atoms with van der Waals surface area (Å²) in [6.07, 6.45) is 2.48. The first-order chi connectivity index (χ1) is 21.2. The van der Waals surface area contributed by atoms with Crippen LogP contribution in [0.15, 0.2) is 67.1 Å². The van der Waals surface area contributed by atoms with Gasteiger partial charge in [-0.2, -0.15) is 0 Å². The van der Waals surface area contributed by atoms with Gasteiger partial charge in [0.05, 0.1) is 37.0 Å². The van der Waals surface area contributed by atoms with Crippen LogP contribution in [0.25, 0.3) is 0 Å². The van der Waals surface area contributed by atoms with Crippen LogP contribution < -0.4 is 10.6 Å². The van der Waals surface area contributed by atoms with Gasteiger partial charge in [0, 0.05) is 26.0 Å². The Kier molecular flexibility index (Phi) is 10.4. The van der Waals surface area contributed by atoms with E-state index in [-0.39, 0.29) is 43.2 Å². The number of anilines is 1. The summed E-state index contributed by atoms with van der Waals surface area (Å²) >= 11 is 0. The number of imidazole rings is 1. The topological polar surface area (TPSA) is 138 Å². The van der Waals surface area contributed by atoms with Gasteiger partial charge in [-0.3, -0.25) is 14.4 Å². The van der Waals surface area contributed by atoms with Crippen molar-refractivity contribution in [2.24, 2.45) is 5.92 Å². The predicted molar refractivity (Wildman–Crippen MR) is 167 cm³/mol. The molecule has 2 amide bonds. The maximum atomic E-state index is 13.6. The zero-order chi connectivity index (χ0) is 32.8. The molecule has 1 aromatic heterocycles. The lowest BCUT2D eigenvalue weighted by Crippen LogP contribution is -2.52. The van der Waals surface area contributed by atoms with Crippen LogP contribution in [0.3, 0.4) is 0 Å². The van der Waals surface area contributed by atoms with E-state index in [1.807, 2.05) is 59.2 Å². The van der Waals surface area contributed by atoms with E-state index < -0.39 is 35.2 Å². The number of amides is 2. The fourth-order valence-corrected chi connectivity index (χ4v) is 5.22. The average molecular weight is 619 g/mol. The zero-order valence-corrected chi connectivity index (χ0v) is 26.7. The number of esters is 1. The summed E-state index contributed by atoms with van der Waals surface area (Å²) in [6.45, 7) is 9.93. The summed E-state index contributed by atoms with van der Waals surface area (Å²) in [5.41, 5.74) is 0.969.